The number of anilines is 1. The van der Waals surface area contributed by atoms with Gasteiger partial charge >= 0.3 is 10.2 Å². The molecular weight excluding hydrogens is 328 g/mol. The highest BCUT2D eigenvalue weighted by Gasteiger charge is 2.30. The number of nitrogens with zero attached hydrogens (tertiary/aromatic N) is 1. The lowest BCUT2D eigenvalue weighted by molar-refractivity contribution is 0.392. The lowest BCUT2D eigenvalue weighted by Crippen LogP contribution is -2.29. The SMILES string of the molecule is CC(C)CCc1ccc2cc(O)c(N3C=C(O)NS3(=O)=O)cc2c1. The van der Waals surface area contributed by atoms with Crippen molar-refractivity contribution in [1.29, 1.82) is 0 Å². The predicted molar refractivity (Wildman–Crippen MR) is 94.0 cm³/mol. The summed E-state index contributed by atoms with van der Waals surface area (Å²) in [5, 5.41) is 21.3. The average molecular weight is 348 g/mol. The van der Waals surface area contributed by atoms with Crippen LogP contribution in [0.2, 0.25) is 0 Å². The van der Waals surface area contributed by atoms with Crippen LogP contribution in [0.1, 0.15) is 25.8 Å². The fourth-order valence-corrected chi connectivity index (χ4v) is 3.76. The molecule has 0 aliphatic carbocycles. The van der Waals surface area contributed by atoms with Crippen LogP contribution in [0.5, 0.6) is 5.75 Å². The number of hydrogen-bond donors (Lipinski definition) is 3. The van der Waals surface area contributed by atoms with E-state index < -0.39 is 16.1 Å². The van der Waals surface area contributed by atoms with Crippen LogP contribution in [0.3, 0.4) is 0 Å². The molecule has 1 aliphatic rings. The number of aliphatic hydroxyl groups is 1. The highest BCUT2D eigenvalue weighted by Crippen LogP contribution is 2.36. The molecule has 7 heteroatoms. The Morgan fingerprint density at radius 1 is 1.12 bits per heavy atom. The zero-order valence-corrected chi connectivity index (χ0v) is 14.3. The van der Waals surface area contributed by atoms with Gasteiger partial charge in [0.2, 0.25) is 5.88 Å². The second-order valence-electron chi connectivity index (χ2n) is 6.37. The van der Waals surface area contributed by atoms with E-state index in [9.17, 15) is 18.6 Å². The van der Waals surface area contributed by atoms with Gasteiger partial charge in [-0.25, -0.2) is 9.03 Å². The van der Waals surface area contributed by atoms with E-state index in [1.165, 1.54) is 6.07 Å². The van der Waals surface area contributed by atoms with Gasteiger partial charge in [0, 0.05) is 0 Å². The van der Waals surface area contributed by atoms with Gasteiger partial charge in [-0.15, -0.1) is 0 Å². The number of hydrogen-bond acceptors (Lipinski definition) is 4. The van der Waals surface area contributed by atoms with Crippen LogP contribution in [0.25, 0.3) is 10.8 Å². The van der Waals surface area contributed by atoms with Crippen LogP contribution in [-0.2, 0) is 16.6 Å². The first-order valence-corrected chi connectivity index (χ1v) is 9.19. The predicted octanol–water partition coefficient (Wildman–Crippen LogP) is 3.15. The molecule has 3 rings (SSSR count). The fourth-order valence-electron chi connectivity index (χ4n) is 2.70. The van der Waals surface area contributed by atoms with Gasteiger partial charge in [-0.3, -0.25) is 0 Å². The van der Waals surface area contributed by atoms with Crippen molar-refractivity contribution in [3.05, 3.63) is 48.0 Å². The summed E-state index contributed by atoms with van der Waals surface area (Å²) in [4.78, 5) is 0. The summed E-state index contributed by atoms with van der Waals surface area (Å²) in [5.74, 6) is -0.0565. The number of aromatic hydroxyl groups is 1. The molecule has 6 nitrogen and oxygen atoms in total. The Kier molecular flexibility index (Phi) is 4.04. The molecule has 2 aromatic carbocycles. The van der Waals surface area contributed by atoms with Crippen molar-refractivity contribution in [3.8, 4) is 5.75 Å². The molecule has 0 aromatic heterocycles. The first-order chi connectivity index (χ1) is 11.3. The number of rotatable bonds is 4. The molecule has 0 spiro atoms. The Bertz CT molecular complexity index is 920. The third-order valence-electron chi connectivity index (χ3n) is 3.98. The molecule has 1 aliphatic heterocycles. The fraction of sp³-hybridized carbons (Fsp3) is 0.294. The van der Waals surface area contributed by atoms with Crippen LogP contribution < -0.4 is 9.03 Å². The Hall–Kier alpha value is -2.41. The average Bonchev–Trinajstić information content (AvgIpc) is 2.77. The first-order valence-electron chi connectivity index (χ1n) is 7.75. The maximum atomic E-state index is 12.0. The molecule has 2 aromatic rings. The van der Waals surface area contributed by atoms with E-state index in [-0.39, 0.29) is 11.4 Å². The molecule has 0 saturated heterocycles. The number of phenols is 1. The Labute approximate surface area is 141 Å². The van der Waals surface area contributed by atoms with Crippen LogP contribution >= 0.6 is 0 Å². The lowest BCUT2D eigenvalue weighted by Gasteiger charge is -2.16. The molecule has 0 atom stereocenters. The second kappa shape index (κ2) is 5.90. The monoisotopic (exact) mass is 348 g/mol. The van der Waals surface area contributed by atoms with Crippen LogP contribution in [0, 0.1) is 5.92 Å². The Balaban J connectivity index is 2.04. The Morgan fingerprint density at radius 2 is 1.88 bits per heavy atom. The minimum Gasteiger partial charge on any atom is -0.506 e. The summed E-state index contributed by atoms with van der Waals surface area (Å²) in [6, 6.07) is 9.07. The molecule has 0 amide bonds. The number of aliphatic hydroxyl groups excluding tert-OH is 1. The quantitative estimate of drug-likeness (QED) is 0.792. The summed E-state index contributed by atoms with van der Waals surface area (Å²) in [6.45, 7) is 4.34. The van der Waals surface area contributed by atoms with Crippen molar-refractivity contribution in [1.82, 2.24) is 4.72 Å². The van der Waals surface area contributed by atoms with Crippen molar-refractivity contribution < 1.29 is 18.6 Å². The van der Waals surface area contributed by atoms with Gasteiger partial charge in [0.05, 0.1) is 6.20 Å². The smallest absolute Gasteiger partial charge is 0.330 e. The zero-order chi connectivity index (χ0) is 17.5. The number of aryl methyl sites for hydroxylation is 1. The van der Waals surface area contributed by atoms with E-state index in [1.807, 2.05) is 22.9 Å². The number of phenolic OH excluding ortho intramolecular Hbond substituents is 1. The zero-order valence-electron chi connectivity index (χ0n) is 13.5. The summed E-state index contributed by atoms with van der Waals surface area (Å²) in [6.07, 6.45) is 3.03. The van der Waals surface area contributed by atoms with E-state index in [0.29, 0.717) is 5.92 Å². The Morgan fingerprint density at radius 3 is 2.50 bits per heavy atom. The van der Waals surface area contributed by atoms with Gasteiger partial charge in [-0.1, -0.05) is 32.0 Å². The van der Waals surface area contributed by atoms with Crippen LogP contribution in [0.4, 0.5) is 5.69 Å². The minimum atomic E-state index is -3.93. The highest BCUT2D eigenvalue weighted by atomic mass is 32.2. The second-order valence-corrected chi connectivity index (χ2v) is 7.92. The van der Waals surface area contributed by atoms with Crippen LogP contribution in [-0.4, -0.2) is 18.6 Å². The standard InChI is InChI=1S/C17H20N2O4S/c1-11(2)3-4-12-5-6-13-9-16(20)15(8-14(13)7-12)19-10-17(21)18-24(19,22)23/h5-11,18,20-21H,3-4H2,1-2H3. The van der Waals surface area contributed by atoms with Crippen molar-refractivity contribution in [2.24, 2.45) is 5.92 Å². The van der Waals surface area contributed by atoms with Gasteiger partial charge in [0.15, 0.2) is 0 Å². The van der Waals surface area contributed by atoms with Gasteiger partial charge in [-0.05, 0) is 47.2 Å². The number of fused-ring (bicyclic) bond motifs is 1. The molecule has 0 unspecified atom stereocenters. The maximum Gasteiger partial charge on any atom is 0.330 e. The minimum absolute atomic E-state index is 0.0973. The van der Waals surface area contributed by atoms with Crippen molar-refractivity contribution in [3.63, 3.8) is 0 Å². The van der Waals surface area contributed by atoms with Crippen LogP contribution in [0.15, 0.2) is 42.4 Å². The van der Waals surface area contributed by atoms with E-state index in [2.05, 4.69) is 13.8 Å². The molecule has 0 bridgehead atoms. The highest BCUT2D eigenvalue weighted by molar-refractivity contribution is 7.91. The van der Waals surface area contributed by atoms with Crippen molar-refractivity contribution in [2.75, 3.05) is 4.31 Å². The van der Waals surface area contributed by atoms with Gasteiger partial charge < -0.3 is 10.2 Å². The van der Waals surface area contributed by atoms with E-state index in [1.54, 1.807) is 6.07 Å². The van der Waals surface area contributed by atoms with E-state index in [4.69, 9.17) is 0 Å². The maximum absolute atomic E-state index is 12.0. The lowest BCUT2D eigenvalue weighted by atomic mass is 9.99. The van der Waals surface area contributed by atoms with E-state index >= 15 is 0 Å². The van der Waals surface area contributed by atoms with Crippen molar-refractivity contribution in [2.45, 2.75) is 26.7 Å². The van der Waals surface area contributed by atoms with Crippen molar-refractivity contribution >= 4 is 26.7 Å². The normalized spacial score (nSPS) is 16.5. The molecule has 3 N–H and O–H groups in total. The summed E-state index contributed by atoms with van der Waals surface area (Å²) in [5.41, 5.74) is 1.26. The summed E-state index contributed by atoms with van der Waals surface area (Å²) < 4.78 is 26.8. The number of benzene rings is 2. The molecule has 1 heterocycles. The molecule has 24 heavy (non-hydrogen) atoms. The third-order valence-corrected chi connectivity index (χ3v) is 5.27. The number of nitrogens with one attached hydrogen (secondary N) is 1. The molecule has 128 valence electrons. The molecule has 0 fully saturated rings. The molecule has 0 saturated carbocycles. The van der Waals surface area contributed by atoms with Gasteiger partial charge in [0.1, 0.15) is 11.4 Å². The third kappa shape index (κ3) is 3.12. The van der Waals surface area contributed by atoms with Gasteiger partial charge in [-0.2, -0.15) is 8.42 Å². The topological polar surface area (TPSA) is 89.9 Å². The van der Waals surface area contributed by atoms with E-state index in [0.717, 1.165) is 39.7 Å². The first kappa shape index (κ1) is 16.4. The summed E-state index contributed by atoms with van der Waals surface area (Å²) >= 11 is 0. The molecular formula is C17H20N2O4S. The van der Waals surface area contributed by atoms with Gasteiger partial charge in [0.25, 0.3) is 0 Å². The largest absolute Gasteiger partial charge is 0.506 e. The molecule has 0 radical (unpaired) electrons. The summed E-state index contributed by atoms with van der Waals surface area (Å²) in [7, 11) is -3.93.